The number of amides is 1. The highest BCUT2D eigenvalue weighted by atomic mass is 79.9. The first-order chi connectivity index (χ1) is 8.65. The van der Waals surface area contributed by atoms with E-state index in [1.165, 1.54) is 0 Å². The smallest absolute Gasteiger partial charge is 0.248 e. The molecule has 0 fully saturated rings. The van der Waals surface area contributed by atoms with Gasteiger partial charge in [0.05, 0.1) is 0 Å². The first-order valence-corrected chi connectivity index (χ1v) is 7.11. The van der Waals surface area contributed by atoms with Crippen LogP contribution in [-0.4, -0.2) is 5.91 Å². The Morgan fingerprint density at radius 3 is 2.89 bits per heavy atom. The van der Waals surface area contributed by atoms with Crippen LogP contribution in [-0.2, 0) is 4.79 Å². The van der Waals surface area contributed by atoms with Gasteiger partial charge >= 0.3 is 0 Å². The SMILES string of the molecule is Cc1cc(Br)ccc1NC(=O)C=Cc1cccs1. The van der Waals surface area contributed by atoms with Crippen molar-refractivity contribution in [2.75, 3.05) is 5.32 Å². The first-order valence-electron chi connectivity index (χ1n) is 5.44. The summed E-state index contributed by atoms with van der Waals surface area (Å²) in [5.74, 6) is -0.117. The molecule has 0 unspecified atom stereocenters. The number of nitrogens with one attached hydrogen (secondary N) is 1. The molecular weight excluding hydrogens is 310 g/mol. The summed E-state index contributed by atoms with van der Waals surface area (Å²) in [4.78, 5) is 12.8. The van der Waals surface area contributed by atoms with E-state index >= 15 is 0 Å². The molecule has 2 nitrogen and oxygen atoms in total. The molecule has 1 aromatic heterocycles. The number of rotatable bonds is 3. The fraction of sp³-hybridized carbons (Fsp3) is 0.0714. The average molecular weight is 322 g/mol. The predicted molar refractivity (Wildman–Crippen MR) is 80.9 cm³/mol. The van der Waals surface area contributed by atoms with Crippen molar-refractivity contribution < 1.29 is 4.79 Å². The van der Waals surface area contributed by atoms with Gasteiger partial charge in [-0.2, -0.15) is 0 Å². The van der Waals surface area contributed by atoms with Gasteiger partial charge in [-0.15, -0.1) is 11.3 Å². The number of hydrogen-bond acceptors (Lipinski definition) is 2. The minimum Gasteiger partial charge on any atom is -0.322 e. The van der Waals surface area contributed by atoms with E-state index in [9.17, 15) is 4.79 Å². The zero-order valence-corrected chi connectivity index (χ0v) is 12.2. The highest BCUT2D eigenvalue weighted by Gasteiger charge is 2.01. The second-order valence-corrected chi connectivity index (χ2v) is 5.69. The van der Waals surface area contributed by atoms with Crippen LogP contribution in [0.5, 0.6) is 0 Å². The third-order valence-corrected chi connectivity index (χ3v) is 3.72. The summed E-state index contributed by atoms with van der Waals surface area (Å²) in [5, 5.41) is 4.84. The molecule has 0 aliphatic heterocycles. The third kappa shape index (κ3) is 3.55. The van der Waals surface area contributed by atoms with Crippen LogP contribution in [0.25, 0.3) is 6.08 Å². The van der Waals surface area contributed by atoms with Gasteiger partial charge in [0.2, 0.25) is 5.91 Å². The van der Waals surface area contributed by atoms with Crippen molar-refractivity contribution in [3.63, 3.8) is 0 Å². The number of carbonyl (C=O) groups excluding carboxylic acids is 1. The van der Waals surface area contributed by atoms with Gasteiger partial charge in [0, 0.05) is 21.1 Å². The molecule has 0 saturated carbocycles. The Labute approximate surface area is 118 Å². The van der Waals surface area contributed by atoms with E-state index in [0.717, 1.165) is 20.6 Å². The lowest BCUT2D eigenvalue weighted by atomic mass is 10.2. The van der Waals surface area contributed by atoms with E-state index in [2.05, 4.69) is 21.2 Å². The molecule has 0 saturated heterocycles. The van der Waals surface area contributed by atoms with E-state index in [-0.39, 0.29) is 5.91 Å². The van der Waals surface area contributed by atoms with Crippen molar-refractivity contribution in [2.24, 2.45) is 0 Å². The molecule has 4 heteroatoms. The summed E-state index contributed by atoms with van der Waals surface area (Å²) in [6.45, 7) is 1.96. The van der Waals surface area contributed by atoms with Crippen LogP contribution < -0.4 is 5.32 Å². The monoisotopic (exact) mass is 321 g/mol. The maximum Gasteiger partial charge on any atom is 0.248 e. The number of carbonyl (C=O) groups is 1. The zero-order chi connectivity index (χ0) is 13.0. The molecule has 1 aromatic carbocycles. The maximum absolute atomic E-state index is 11.7. The Bertz CT molecular complexity index is 575. The van der Waals surface area contributed by atoms with Crippen LogP contribution in [0.15, 0.2) is 46.3 Å². The predicted octanol–water partition coefficient (Wildman–Crippen LogP) is 4.47. The van der Waals surface area contributed by atoms with E-state index < -0.39 is 0 Å². The van der Waals surface area contributed by atoms with Crippen LogP contribution in [0.3, 0.4) is 0 Å². The Hall–Kier alpha value is -1.39. The molecule has 18 heavy (non-hydrogen) atoms. The van der Waals surface area contributed by atoms with Gasteiger partial charge in [-0.1, -0.05) is 22.0 Å². The molecule has 0 aliphatic carbocycles. The summed E-state index contributed by atoms with van der Waals surface area (Å²) in [6.07, 6.45) is 3.36. The zero-order valence-electron chi connectivity index (χ0n) is 9.81. The Kier molecular flexibility index (Phi) is 4.33. The average Bonchev–Trinajstić information content (AvgIpc) is 2.83. The largest absolute Gasteiger partial charge is 0.322 e. The first kappa shape index (κ1) is 13.1. The van der Waals surface area contributed by atoms with Gasteiger partial charge in [0.25, 0.3) is 0 Å². The van der Waals surface area contributed by atoms with Crippen molar-refractivity contribution in [2.45, 2.75) is 6.92 Å². The number of benzene rings is 1. The quantitative estimate of drug-likeness (QED) is 0.830. The molecule has 0 bridgehead atoms. The Morgan fingerprint density at radius 2 is 2.22 bits per heavy atom. The van der Waals surface area contributed by atoms with Crippen LogP contribution in [0.2, 0.25) is 0 Å². The van der Waals surface area contributed by atoms with E-state index in [1.54, 1.807) is 17.4 Å². The number of halogens is 1. The van der Waals surface area contributed by atoms with E-state index in [0.29, 0.717) is 0 Å². The van der Waals surface area contributed by atoms with Crippen molar-refractivity contribution in [1.29, 1.82) is 0 Å². The van der Waals surface area contributed by atoms with E-state index in [4.69, 9.17) is 0 Å². The van der Waals surface area contributed by atoms with Gasteiger partial charge in [-0.3, -0.25) is 4.79 Å². The lowest BCUT2D eigenvalue weighted by Gasteiger charge is -2.06. The molecule has 2 aromatic rings. The minimum atomic E-state index is -0.117. The topological polar surface area (TPSA) is 29.1 Å². The Balaban J connectivity index is 2.03. The van der Waals surface area contributed by atoms with Crippen LogP contribution in [0.1, 0.15) is 10.4 Å². The normalized spacial score (nSPS) is 10.8. The summed E-state index contributed by atoms with van der Waals surface area (Å²) >= 11 is 5.00. The summed E-state index contributed by atoms with van der Waals surface area (Å²) in [7, 11) is 0. The summed E-state index contributed by atoms with van der Waals surface area (Å²) < 4.78 is 1.01. The van der Waals surface area contributed by atoms with Crippen molar-refractivity contribution in [3.8, 4) is 0 Å². The lowest BCUT2D eigenvalue weighted by molar-refractivity contribution is -0.111. The summed E-state index contributed by atoms with van der Waals surface area (Å²) in [6, 6.07) is 9.70. The second-order valence-electron chi connectivity index (χ2n) is 3.80. The summed E-state index contributed by atoms with van der Waals surface area (Å²) in [5.41, 5.74) is 1.86. The lowest BCUT2D eigenvalue weighted by Crippen LogP contribution is -2.08. The molecule has 92 valence electrons. The van der Waals surface area contributed by atoms with Crippen LogP contribution in [0, 0.1) is 6.92 Å². The maximum atomic E-state index is 11.7. The molecular formula is C14H12BrNOS. The van der Waals surface area contributed by atoms with Crippen molar-refractivity contribution in [3.05, 3.63) is 56.7 Å². The molecule has 0 atom stereocenters. The molecule has 1 amide bonds. The fourth-order valence-electron chi connectivity index (χ4n) is 1.49. The number of thiophene rings is 1. The molecule has 0 spiro atoms. The molecule has 0 aliphatic rings. The van der Waals surface area contributed by atoms with Gasteiger partial charge < -0.3 is 5.32 Å². The van der Waals surface area contributed by atoms with E-state index in [1.807, 2.05) is 48.7 Å². The number of aryl methyl sites for hydroxylation is 1. The fourth-order valence-corrected chi connectivity index (χ4v) is 2.58. The van der Waals surface area contributed by atoms with Gasteiger partial charge in [0.1, 0.15) is 0 Å². The highest BCUT2D eigenvalue weighted by molar-refractivity contribution is 9.10. The number of hydrogen-bond donors (Lipinski definition) is 1. The van der Waals surface area contributed by atoms with Crippen LogP contribution in [0.4, 0.5) is 5.69 Å². The molecule has 0 radical (unpaired) electrons. The van der Waals surface area contributed by atoms with Gasteiger partial charge in [0.15, 0.2) is 0 Å². The van der Waals surface area contributed by atoms with Gasteiger partial charge in [-0.05, 0) is 48.2 Å². The standard InChI is InChI=1S/C14H12BrNOS/c1-10-9-11(15)4-6-13(10)16-14(17)7-5-12-3-2-8-18-12/h2-9H,1H3,(H,16,17). The molecule has 1 heterocycles. The highest BCUT2D eigenvalue weighted by Crippen LogP contribution is 2.20. The Morgan fingerprint density at radius 1 is 1.39 bits per heavy atom. The minimum absolute atomic E-state index is 0.117. The molecule has 1 N–H and O–H groups in total. The van der Waals surface area contributed by atoms with Crippen molar-refractivity contribution >= 4 is 44.9 Å². The van der Waals surface area contributed by atoms with Gasteiger partial charge in [-0.25, -0.2) is 0 Å². The van der Waals surface area contributed by atoms with Crippen molar-refractivity contribution in [1.82, 2.24) is 0 Å². The second kappa shape index (κ2) is 5.98. The van der Waals surface area contributed by atoms with Crippen LogP contribution >= 0.6 is 27.3 Å². The third-order valence-electron chi connectivity index (χ3n) is 2.39. The number of anilines is 1. The molecule has 2 rings (SSSR count).